The minimum Gasteiger partial charge on any atom is -0.208 e. The predicted octanol–water partition coefficient (Wildman–Crippen LogP) is 14.9. The SMILES string of the molecule is c1ccc(-c2ccc(-c3nc(-c4ccc(-c5cccc6ccccc56)cc4)nc(-c4cccc5c4-c4ccc6ccccc6c4C5(c4ccccc4)c4ccccc4)n3)cc2)cc1. The average molecular weight is 802 g/mol. The Hall–Kier alpha value is -8.27. The molecule has 0 bridgehead atoms. The van der Waals surface area contributed by atoms with Crippen molar-refractivity contribution < 1.29 is 0 Å². The van der Waals surface area contributed by atoms with Gasteiger partial charge in [-0.3, -0.25) is 0 Å². The largest absolute Gasteiger partial charge is 0.208 e. The number of aromatic nitrogens is 3. The van der Waals surface area contributed by atoms with Crippen molar-refractivity contribution in [2.75, 3.05) is 0 Å². The van der Waals surface area contributed by atoms with Crippen LogP contribution < -0.4 is 0 Å². The molecule has 11 aromatic rings. The molecule has 1 heterocycles. The summed E-state index contributed by atoms with van der Waals surface area (Å²) in [6.45, 7) is 0. The smallest absolute Gasteiger partial charge is 0.164 e. The van der Waals surface area contributed by atoms with Crippen LogP contribution in [0.4, 0.5) is 0 Å². The van der Waals surface area contributed by atoms with E-state index in [9.17, 15) is 0 Å². The van der Waals surface area contributed by atoms with Gasteiger partial charge in [-0.15, -0.1) is 0 Å². The first kappa shape index (κ1) is 36.6. The van der Waals surface area contributed by atoms with E-state index < -0.39 is 5.41 Å². The third-order valence-electron chi connectivity index (χ3n) is 12.8. The molecule has 0 aliphatic heterocycles. The molecule has 294 valence electrons. The van der Waals surface area contributed by atoms with Crippen LogP contribution >= 0.6 is 0 Å². The molecule has 0 saturated heterocycles. The van der Waals surface area contributed by atoms with Crippen molar-refractivity contribution in [3.05, 3.63) is 259 Å². The van der Waals surface area contributed by atoms with Crippen molar-refractivity contribution in [2.24, 2.45) is 0 Å². The fourth-order valence-electron chi connectivity index (χ4n) is 9.98. The predicted molar refractivity (Wildman–Crippen MR) is 259 cm³/mol. The zero-order valence-corrected chi connectivity index (χ0v) is 34.4. The van der Waals surface area contributed by atoms with Crippen molar-refractivity contribution >= 4 is 21.5 Å². The molecular formula is C60H39N3. The highest BCUT2D eigenvalue weighted by molar-refractivity contribution is 6.03. The molecule has 3 heteroatoms. The van der Waals surface area contributed by atoms with Crippen molar-refractivity contribution in [3.8, 4) is 67.5 Å². The van der Waals surface area contributed by atoms with Gasteiger partial charge in [-0.25, -0.2) is 15.0 Å². The summed E-state index contributed by atoms with van der Waals surface area (Å²) >= 11 is 0. The van der Waals surface area contributed by atoms with Gasteiger partial charge in [-0.2, -0.15) is 0 Å². The standard InChI is InChI=1S/C60H39N3/c1-4-16-40(17-5-1)41-30-34-45(35-31-41)57-61-58(46-36-32-44(33-37-46)50-27-14-20-42-18-10-12-25-49(42)50)63-59(62-57)53-28-15-29-54-55(53)52-39-38-43-19-11-13-26-51(43)56(52)60(54,47-21-6-2-7-22-47)48-23-8-3-9-24-48/h1-39H. The van der Waals surface area contributed by atoms with Crippen LogP contribution in [0.25, 0.3) is 89.1 Å². The Labute approximate surface area is 366 Å². The fourth-order valence-corrected chi connectivity index (χ4v) is 9.98. The first-order chi connectivity index (χ1) is 31.2. The maximum atomic E-state index is 5.40. The Morgan fingerprint density at radius 3 is 1.38 bits per heavy atom. The number of benzene rings is 10. The zero-order chi connectivity index (χ0) is 41.7. The Balaban J connectivity index is 1.09. The van der Waals surface area contributed by atoms with Crippen LogP contribution in [0.3, 0.4) is 0 Å². The van der Waals surface area contributed by atoms with E-state index in [-0.39, 0.29) is 0 Å². The number of nitrogens with zero attached hydrogens (tertiary/aromatic N) is 3. The summed E-state index contributed by atoms with van der Waals surface area (Å²) < 4.78 is 0. The van der Waals surface area contributed by atoms with E-state index in [1.165, 1.54) is 60.5 Å². The fraction of sp³-hybridized carbons (Fsp3) is 0.0167. The average Bonchev–Trinajstić information content (AvgIpc) is 3.69. The third-order valence-corrected chi connectivity index (χ3v) is 12.8. The molecule has 0 saturated carbocycles. The van der Waals surface area contributed by atoms with Crippen LogP contribution in [0.2, 0.25) is 0 Å². The normalized spacial score (nSPS) is 12.6. The Morgan fingerprint density at radius 2 is 0.730 bits per heavy atom. The quantitative estimate of drug-likeness (QED) is 0.161. The molecule has 0 N–H and O–H groups in total. The van der Waals surface area contributed by atoms with Gasteiger partial charge in [0, 0.05) is 16.7 Å². The Kier molecular flexibility index (Phi) is 8.72. The molecule has 1 aromatic heterocycles. The molecule has 12 rings (SSSR count). The summed E-state index contributed by atoms with van der Waals surface area (Å²) in [4.78, 5) is 16.0. The van der Waals surface area contributed by atoms with E-state index in [1.807, 2.05) is 6.07 Å². The molecular weight excluding hydrogens is 763 g/mol. The van der Waals surface area contributed by atoms with Crippen molar-refractivity contribution in [1.82, 2.24) is 15.0 Å². The minimum atomic E-state index is -0.604. The molecule has 0 unspecified atom stereocenters. The van der Waals surface area contributed by atoms with E-state index >= 15 is 0 Å². The van der Waals surface area contributed by atoms with Gasteiger partial charge in [0.1, 0.15) is 0 Å². The van der Waals surface area contributed by atoms with Crippen LogP contribution in [0.1, 0.15) is 22.3 Å². The highest BCUT2D eigenvalue weighted by Crippen LogP contribution is 2.60. The molecule has 0 amide bonds. The summed E-state index contributed by atoms with van der Waals surface area (Å²) in [5, 5.41) is 4.88. The molecule has 0 atom stereocenters. The van der Waals surface area contributed by atoms with Gasteiger partial charge >= 0.3 is 0 Å². The maximum absolute atomic E-state index is 5.40. The second kappa shape index (κ2) is 15.0. The van der Waals surface area contributed by atoms with Gasteiger partial charge in [0.25, 0.3) is 0 Å². The van der Waals surface area contributed by atoms with Gasteiger partial charge in [-0.1, -0.05) is 237 Å². The Bertz CT molecular complexity index is 3430. The molecule has 63 heavy (non-hydrogen) atoms. The number of hydrogen-bond donors (Lipinski definition) is 0. The van der Waals surface area contributed by atoms with Gasteiger partial charge in [-0.05, 0) is 77.2 Å². The van der Waals surface area contributed by atoms with E-state index in [4.69, 9.17) is 15.0 Å². The summed E-state index contributed by atoms with van der Waals surface area (Å²) in [5.74, 6) is 1.88. The van der Waals surface area contributed by atoms with Crippen molar-refractivity contribution in [2.45, 2.75) is 5.41 Å². The first-order valence-electron chi connectivity index (χ1n) is 21.5. The first-order valence-corrected chi connectivity index (χ1v) is 21.5. The van der Waals surface area contributed by atoms with Gasteiger partial charge in [0.15, 0.2) is 17.5 Å². The number of fused-ring (bicyclic) bond motifs is 6. The second-order valence-electron chi connectivity index (χ2n) is 16.3. The Morgan fingerprint density at radius 1 is 0.270 bits per heavy atom. The monoisotopic (exact) mass is 801 g/mol. The molecule has 10 aromatic carbocycles. The van der Waals surface area contributed by atoms with Crippen LogP contribution in [0, 0.1) is 0 Å². The summed E-state index contributed by atoms with van der Waals surface area (Å²) in [5.41, 5.74) is 14.1. The highest BCUT2D eigenvalue weighted by atomic mass is 15.0. The maximum Gasteiger partial charge on any atom is 0.164 e. The van der Waals surface area contributed by atoms with Crippen LogP contribution in [0.5, 0.6) is 0 Å². The van der Waals surface area contributed by atoms with E-state index in [0.717, 1.165) is 33.4 Å². The number of rotatable bonds is 7. The summed E-state index contributed by atoms with van der Waals surface area (Å²) in [7, 11) is 0. The molecule has 0 radical (unpaired) electrons. The lowest BCUT2D eigenvalue weighted by Gasteiger charge is -2.34. The van der Waals surface area contributed by atoms with Crippen molar-refractivity contribution in [3.63, 3.8) is 0 Å². The summed E-state index contributed by atoms with van der Waals surface area (Å²) in [6, 6.07) is 84.7. The van der Waals surface area contributed by atoms with Gasteiger partial charge in [0.05, 0.1) is 5.41 Å². The van der Waals surface area contributed by atoms with Crippen LogP contribution in [-0.2, 0) is 5.41 Å². The highest BCUT2D eigenvalue weighted by Gasteiger charge is 2.48. The lowest BCUT2D eigenvalue weighted by molar-refractivity contribution is 0.775. The lowest BCUT2D eigenvalue weighted by Crippen LogP contribution is -2.28. The third kappa shape index (κ3) is 6.01. The molecule has 1 aliphatic rings. The van der Waals surface area contributed by atoms with Crippen LogP contribution in [0.15, 0.2) is 237 Å². The number of hydrogen-bond acceptors (Lipinski definition) is 3. The zero-order valence-electron chi connectivity index (χ0n) is 34.4. The molecule has 0 spiro atoms. The van der Waals surface area contributed by atoms with Crippen molar-refractivity contribution in [1.29, 1.82) is 0 Å². The summed E-state index contributed by atoms with van der Waals surface area (Å²) in [6.07, 6.45) is 0. The van der Waals surface area contributed by atoms with Gasteiger partial charge < -0.3 is 0 Å². The molecule has 1 aliphatic carbocycles. The second-order valence-corrected chi connectivity index (χ2v) is 16.3. The van der Waals surface area contributed by atoms with E-state index in [0.29, 0.717) is 17.5 Å². The molecule has 3 nitrogen and oxygen atoms in total. The van der Waals surface area contributed by atoms with Crippen LogP contribution in [-0.4, -0.2) is 15.0 Å². The lowest BCUT2D eigenvalue weighted by atomic mass is 9.66. The minimum absolute atomic E-state index is 0.604. The topological polar surface area (TPSA) is 38.7 Å². The molecule has 0 fully saturated rings. The van der Waals surface area contributed by atoms with E-state index in [1.54, 1.807) is 0 Å². The van der Waals surface area contributed by atoms with E-state index in [2.05, 4.69) is 231 Å². The van der Waals surface area contributed by atoms with Gasteiger partial charge in [0.2, 0.25) is 0 Å².